The molecule has 0 unspecified atom stereocenters. The molecule has 0 atom stereocenters. The van der Waals surface area contributed by atoms with Crippen molar-refractivity contribution in [1.82, 2.24) is 5.32 Å². The fourth-order valence-corrected chi connectivity index (χ4v) is 2.53. The van der Waals surface area contributed by atoms with Gasteiger partial charge in [-0.25, -0.2) is 0 Å². The maximum atomic E-state index is 12.2. The van der Waals surface area contributed by atoms with Crippen LogP contribution in [-0.2, 0) is 20.9 Å². The molecule has 0 aliphatic rings. The van der Waals surface area contributed by atoms with Gasteiger partial charge in [-0.05, 0) is 36.4 Å². The smallest absolute Gasteiger partial charge is 0.313 e. The molecule has 0 aliphatic heterocycles. The third-order valence-corrected chi connectivity index (χ3v) is 4.03. The molecule has 0 radical (unpaired) electrons. The molecule has 3 aromatic rings. The monoisotopic (exact) mass is 414 g/mol. The van der Waals surface area contributed by atoms with Crippen molar-refractivity contribution in [2.45, 2.75) is 6.54 Å². The van der Waals surface area contributed by atoms with Crippen LogP contribution in [0.3, 0.4) is 0 Å². The lowest BCUT2D eigenvalue weighted by atomic mass is 10.2. The summed E-state index contributed by atoms with van der Waals surface area (Å²) in [6.45, 7) is -0.0347. The number of nitriles is 1. The summed E-state index contributed by atoms with van der Waals surface area (Å²) in [4.78, 5) is 36.1. The van der Waals surface area contributed by atoms with Crippen molar-refractivity contribution in [3.05, 3.63) is 89.9 Å². The van der Waals surface area contributed by atoms with Gasteiger partial charge >= 0.3 is 11.8 Å². The number of rotatable bonds is 6. The van der Waals surface area contributed by atoms with Gasteiger partial charge in [0.1, 0.15) is 23.2 Å². The molecule has 0 spiro atoms. The van der Waals surface area contributed by atoms with Gasteiger partial charge in [-0.1, -0.05) is 36.4 Å². The molecule has 154 valence electrons. The number of benzene rings is 2. The zero-order chi connectivity index (χ0) is 22.1. The Kier molecular flexibility index (Phi) is 6.95. The van der Waals surface area contributed by atoms with Gasteiger partial charge in [0.15, 0.2) is 0 Å². The lowest BCUT2D eigenvalue weighted by Gasteiger charge is -2.05. The lowest BCUT2D eigenvalue weighted by molar-refractivity contribution is -0.136. The lowest BCUT2D eigenvalue weighted by Crippen LogP contribution is -2.34. The number of para-hydroxylation sites is 2. The molecule has 1 aromatic heterocycles. The first-order valence-electron chi connectivity index (χ1n) is 9.26. The van der Waals surface area contributed by atoms with Crippen LogP contribution in [0, 0.1) is 11.3 Å². The molecule has 0 bridgehead atoms. The Labute approximate surface area is 178 Å². The second kappa shape index (κ2) is 10.2. The van der Waals surface area contributed by atoms with Crippen LogP contribution in [0.25, 0.3) is 6.08 Å². The summed E-state index contributed by atoms with van der Waals surface area (Å²) >= 11 is 0. The maximum absolute atomic E-state index is 12.2. The first-order chi connectivity index (χ1) is 15.0. The van der Waals surface area contributed by atoms with E-state index < -0.39 is 17.7 Å². The Bertz CT molecular complexity index is 1150. The van der Waals surface area contributed by atoms with Crippen LogP contribution in [0.15, 0.2) is 82.8 Å². The SMILES string of the molecule is N#C/C(=C/c1ccc(CNC(=O)C(=O)Nc2ccccc2)o1)C(=O)Nc1ccccc1. The molecular formula is C23H18N4O4. The minimum absolute atomic E-state index is 0.0347. The highest BCUT2D eigenvalue weighted by molar-refractivity contribution is 6.39. The quantitative estimate of drug-likeness (QED) is 0.325. The van der Waals surface area contributed by atoms with Crippen LogP contribution in [0.4, 0.5) is 11.4 Å². The van der Waals surface area contributed by atoms with Gasteiger partial charge in [-0.3, -0.25) is 14.4 Å². The summed E-state index contributed by atoms with van der Waals surface area (Å²) in [5, 5.41) is 16.8. The number of hydrogen-bond acceptors (Lipinski definition) is 5. The van der Waals surface area contributed by atoms with Gasteiger partial charge in [0, 0.05) is 17.5 Å². The Morgan fingerprint density at radius 3 is 1.97 bits per heavy atom. The van der Waals surface area contributed by atoms with E-state index >= 15 is 0 Å². The van der Waals surface area contributed by atoms with Crippen molar-refractivity contribution in [2.24, 2.45) is 0 Å². The number of nitrogens with zero attached hydrogens (tertiary/aromatic N) is 1. The number of carbonyl (C=O) groups excluding carboxylic acids is 3. The molecule has 3 N–H and O–H groups in total. The number of anilines is 2. The number of furan rings is 1. The first-order valence-corrected chi connectivity index (χ1v) is 9.26. The number of nitrogens with one attached hydrogen (secondary N) is 3. The minimum atomic E-state index is -0.822. The van der Waals surface area contributed by atoms with Gasteiger partial charge in [-0.15, -0.1) is 0 Å². The third-order valence-electron chi connectivity index (χ3n) is 4.03. The fourth-order valence-electron chi connectivity index (χ4n) is 2.53. The summed E-state index contributed by atoms with van der Waals surface area (Å²) in [5.41, 5.74) is 0.923. The van der Waals surface area contributed by atoms with Crippen molar-refractivity contribution < 1.29 is 18.8 Å². The van der Waals surface area contributed by atoms with E-state index in [0.29, 0.717) is 17.1 Å². The van der Waals surface area contributed by atoms with Gasteiger partial charge in [0.25, 0.3) is 5.91 Å². The van der Waals surface area contributed by atoms with Crippen LogP contribution < -0.4 is 16.0 Å². The molecule has 0 aliphatic carbocycles. The highest BCUT2D eigenvalue weighted by Crippen LogP contribution is 2.14. The molecule has 8 nitrogen and oxygen atoms in total. The van der Waals surface area contributed by atoms with Crippen LogP contribution in [0.5, 0.6) is 0 Å². The number of carbonyl (C=O) groups is 3. The first kappa shape index (κ1) is 21.1. The molecule has 8 heteroatoms. The molecule has 1 heterocycles. The summed E-state index contributed by atoms with van der Waals surface area (Å²) in [6, 6.07) is 22.3. The van der Waals surface area contributed by atoms with Gasteiger partial charge in [-0.2, -0.15) is 5.26 Å². The van der Waals surface area contributed by atoms with Gasteiger partial charge in [0.2, 0.25) is 0 Å². The van der Waals surface area contributed by atoms with E-state index in [2.05, 4.69) is 16.0 Å². The molecule has 0 saturated heterocycles. The van der Waals surface area contributed by atoms with Crippen LogP contribution in [0.2, 0.25) is 0 Å². The highest BCUT2D eigenvalue weighted by Gasteiger charge is 2.15. The van der Waals surface area contributed by atoms with E-state index in [1.165, 1.54) is 6.08 Å². The van der Waals surface area contributed by atoms with Crippen LogP contribution in [-0.4, -0.2) is 17.7 Å². The molecule has 3 rings (SSSR count). The van der Waals surface area contributed by atoms with E-state index in [9.17, 15) is 19.6 Å². The maximum Gasteiger partial charge on any atom is 0.313 e. The van der Waals surface area contributed by atoms with E-state index in [-0.39, 0.29) is 17.9 Å². The standard InChI is InChI=1S/C23H18N4O4/c24-14-16(21(28)26-17-7-3-1-4-8-17)13-19-11-12-20(31-19)15-25-22(29)23(30)27-18-9-5-2-6-10-18/h1-13H,15H2,(H,25,29)(H,26,28)(H,27,30)/b16-13-. The molecule has 3 amide bonds. The highest BCUT2D eigenvalue weighted by atomic mass is 16.3. The third kappa shape index (κ3) is 6.17. The van der Waals surface area contributed by atoms with Crippen molar-refractivity contribution in [3.63, 3.8) is 0 Å². The van der Waals surface area contributed by atoms with Crippen LogP contribution >= 0.6 is 0 Å². The predicted molar refractivity (Wildman–Crippen MR) is 114 cm³/mol. The Hall–Kier alpha value is -4.64. The van der Waals surface area contributed by atoms with E-state index in [1.807, 2.05) is 12.1 Å². The van der Waals surface area contributed by atoms with Crippen molar-refractivity contribution in [3.8, 4) is 6.07 Å². The Morgan fingerprint density at radius 2 is 1.39 bits per heavy atom. The van der Waals surface area contributed by atoms with E-state index in [1.54, 1.807) is 66.7 Å². The van der Waals surface area contributed by atoms with Gasteiger partial charge in [0.05, 0.1) is 6.54 Å². The predicted octanol–water partition coefficient (Wildman–Crippen LogP) is 3.08. The largest absolute Gasteiger partial charge is 0.460 e. The summed E-state index contributed by atoms with van der Waals surface area (Å²) in [7, 11) is 0. The normalized spacial score (nSPS) is 10.6. The average Bonchev–Trinajstić information content (AvgIpc) is 3.24. The number of amides is 3. The molecule has 2 aromatic carbocycles. The zero-order valence-electron chi connectivity index (χ0n) is 16.3. The zero-order valence-corrected chi connectivity index (χ0v) is 16.3. The van der Waals surface area contributed by atoms with E-state index in [0.717, 1.165) is 0 Å². The second-order valence-corrected chi connectivity index (χ2v) is 6.30. The Balaban J connectivity index is 1.56. The topological polar surface area (TPSA) is 124 Å². The van der Waals surface area contributed by atoms with Crippen molar-refractivity contribution in [1.29, 1.82) is 5.26 Å². The van der Waals surface area contributed by atoms with Gasteiger partial charge < -0.3 is 20.4 Å². The summed E-state index contributed by atoms with van der Waals surface area (Å²) in [5.74, 6) is -1.58. The molecular weight excluding hydrogens is 396 g/mol. The molecule has 0 saturated carbocycles. The molecule has 0 fully saturated rings. The summed E-state index contributed by atoms with van der Waals surface area (Å²) < 4.78 is 5.51. The van der Waals surface area contributed by atoms with Crippen molar-refractivity contribution >= 4 is 35.2 Å². The average molecular weight is 414 g/mol. The fraction of sp³-hybridized carbons (Fsp3) is 0.0435. The Morgan fingerprint density at radius 1 is 0.806 bits per heavy atom. The molecule has 31 heavy (non-hydrogen) atoms. The van der Waals surface area contributed by atoms with Crippen LogP contribution in [0.1, 0.15) is 11.5 Å². The second-order valence-electron chi connectivity index (χ2n) is 6.30. The summed E-state index contributed by atoms with van der Waals surface area (Å²) in [6.07, 6.45) is 1.30. The minimum Gasteiger partial charge on any atom is -0.460 e. The van der Waals surface area contributed by atoms with E-state index in [4.69, 9.17) is 4.42 Å². The number of hydrogen-bond donors (Lipinski definition) is 3. The van der Waals surface area contributed by atoms with Crippen molar-refractivity contribution in [2.75, 3.05) is 10.6 Å².